The van der Waals surface area contributed by atoms with Crippen molar-refractivity contribution in [1.29, 1.82) is 0 Å². The van der Waals surface area contributed by atoms with E-state index in [1.807, 2.05) is 37.3 Å². The highest BCUT2D eigenvalue weighted by molar-refractivity contribution is 7.19. The normalized spacial score (nSPS) is 11.6. The zero-order chi connectivity index (χ0) is 20.4. The fourth-order valence-corrected chi connectivity index (χ4v) is 4.00. The molecule has 0 amide bonds. The average molecular weight is 411 g/mol. The molecule has 4 aromatic rings. The number of benzene rings is 2. The van der Waals surface area contributed by atoms with Crippen LogP contribution >= 0.6 is 11.3 Å². The Hall–Kier alpha value is -3.39. The van der Waals surface area contributed by atoms with Gasteiger partial charge in [0.1, 0.15) is 16.9 Å². The van der Waals surface area contributed by atoms with Gasteiger partial charge in [0.05, 0.1) is 11.6 Å². The number of halogens is 2. The molecule has 0 saturated heterocycles. The van der Waals surface area contributed by atoms with E-state index in [0.29, 0.717) is 15.8 Å². The highest BCUT2D eigenvalue weighted by Gasteiger charge is 2.16. The van der Waals surface area contributed by atoms with Gasteiger partial charge in [-0.1, -0.05) is 30.3 Å². The van der Waals surface area contributed by atoms with Crippen LogP contribution in [0.1, 0.15) is 10.4 Å². The Morgan fingerprint density at radius 3 is 2.55 bits per heavy atom. The minimum atomic E-state index is -2.88. The summed E-state index contributed by atoms with van der Waals surface area (Å²) in [6.07, 6.45) is 2.84. The summed E-state index contributed by atoms with van der Waals surface area (Å²) in [5.41, 5.74) is 2.17. The summed E-state index contributed by atoms with van der Waals surface area (Å²) >= 11 is 1.47. The van der Waals surface area contributed by atoms with Crippen LogP contribution in [-0.4, -0.2) is 22.5 Å². The molecule has 8 heteroatoms. The van der Waals surface area contributed by atoms with Gasteiger partial charge in [-0.05, 0) is 42.3 Å². The van der Waals surface area contributed by atoms with E-state index in [4.69, 9.17) is 0 Å². The van der Waals surface area contributed by atoms with Crippen molar-refractivity contribution in [3.8, 4) is 16.9 Å². The van der Waals surface area contributed by atoms with Gasteiger partial charge < -0.3 is 4.74 Å². The second kappa shape index (κ2) is 7.92. The minimum absolute atomic E-state index is 0.0543. The van der Waals surface area contributed by atoms with Crippen molar-refractivity contribution < 1.29 is 13.5 Å². The number of fused-ring (bicyclic) bond motifs is 1. The van der Waals surface area contributed by atoms with Crippen LogP contribution < -0.4 is 10.3 Å². The van der Waals surface area contributed by atoms with Crippen LogP contribution in [0, 0.1) is 6.92 Å². The van der Waals surface area contributed by atoms with E-state index in [2.05, 4.69) is 14.8 Å². The number of aromatic nitrogens is 2. The van der Waals surface area contributed by atoms with Crippen molar-refractivity contribution in [3.05, 3.63) is 81.7 Å². The van der Waals surface area contributed by atoms with Gasteiger partial charge in [0.15, 0.2) is 0 Å². The van der Waals surface area contributed by atoms with Crippen LogP contribution in [-0.2, 0) is 0 Å². The summed E-state index contributed by atoms with van der Waals surface area (Å²) in [5.74, 6) is 0.0543. The van der Waals surface area contributed by atoms with Gasteiger partial charge in [0, 0.05) is 10.4 Å². The Balaban J connectivity index is 1.71. The molecule has 0 unspecified atom stereocenters. The molecular formula is C21H15F2N3O2S. The Morgan fingerprint density at radius 2 is 1.86 bits per heavy atom. The highest BCUT2D eigenvalue weighted by atomic mass is 32.1. The molecule has 2 aromatic heterocycles. The van der Waals surface area contributed by atoms with Crippen molar-refractivity contribution in [3.63, 3.8) is 0 Å². The van der Waals surface area contributed by atoms with Crippen LogP contribution in [0.5, 0.6) is 5.75 Å². The first kappa shape index (κ1) is 18.9. The Bertz CT molecular complexity index is 1230. The first-order valence-corrected chi connectivity index (χ1v) is 9.50. The maximum absolute atomic E-state index is 13.0. The fraction of sp³-hybridized carbons (Fsp3) is 0.0952. The van der Waals surface area contributed by atoms with Gasteiger partial charge in [-0.2, -0.15) is 18.6 Å². The number of alkyl halides is 2. The monoisotopic (exact) mass is 411 g/mol. The Labute approximate surface area is 168 Å². The van der Waals surface area contributed by atoms with Crippen molar-refractivity contribution >= 4 is 27.8 Å². The first-order chi connectivity index (χ1) is 14.0. The quantitative estimate of drug-likeness (QED) is 0.438. The average Bonchev–Trinajstić information content (AvgIpc) is 3.05. The largest absolute Gasteiger partial charge is 0.435 e. The molecule has 0 atom stereocenters. The zero-order valence-electron chi connectivity index (χ0n) is 15.3. The summed E-state index contributed by atoms with van der Waals surface area (Å²) in [4.78, 5) is 19.1. The molecule has 0 fully saturated rings. The molecule has 0 bridgehead atoms. The van der Waals surface area contributed by atoms with Gasteiger partial charge in [-0.3, -0.25) is 4.79 Å². The minimum Gasteiger partial charge on any atom is -0.435 e. The summed E-state index contributed by atoms with van der Waals surface area (Å²) in [6.45, 7) is -0.913. The van der Waals surface area contributed by atoms with Crippen molar-refractivity contribution in [2.45, 2.75) is 13.5 Å². The van der Waals surface area contributed by atoms with Gasteiger partial charge in [-0.25, -0.2) is 4.98 Å². The summed E-state index contributed by atoms with van der Waals surface area (Å²) < 4.78 is 29.9. The number of aryl methyl sites for hydroxylation is 1. The Kier molecular flexibility index (Phi) is 5.18. The van der Waals surface area contributed by atoms with Crippen LogP contribution in [0.15, 0.2) is 70.8 Å². The number of nitrogens with zero attached hydrogens (tertiary/aromatic N) is 3. The molecular weight excluding hydrogens is 396 g/mol. The molecule has 2 aromatic carbocycles. The second-order valence-electron chi connectivity index (χ2n) is 6.17. The van der Waals surface area contributed by atoms with E-state index in [9.17, 15) is 13.6 Å². The molecule has 0 radical (unpaired) electrons. The highest BCUT2D eigenvalue weighted by Crippen LogP contribution is 2.35. The van der Waals surface area contributed by atoms with E-state index < -0.39 is 6.61 Å². The first-order valence-electron chi connectivity index (χ1n) is 8.68. The fourth-order valence-electron chi connectivity index (χ4n) is 2.99. The lowest BCUT2D eigenvalue weighted by Crippen LogP contribution is -2.16. The van der Waals surface area contributed by atoms with Gasteiger partial charge in [0.2, 0.25) is 0 Å². The number of hydrogen-bond donors (Lipinski definition) is 0. The van der Waals surface area contributed by atoms with Crippen LogP contribution in [0.2, 0.25) is 0 Å². The maximum atomic E-state index is 13.0. The SMILES string of the molecule is Cc1sc2ncn(/N=C/c3ccc(OC(F)F)cc3)c(=O)c2c1-c1ccccc1. The predicted molar refractivity (Wildman–Crippen MR) is 110 cm³/mol. The van der Waals surface area contributed by atoms with Crippen LogP contribution in [0.4, 0.5) is 8.78 Å². The lowest BCUT2D eigenvalue weighted by Gasteiger charge is -2.04. The standard InChI is InChI=1S/C21H15F2N3O2S/c1-13-17(15-5-3-2-4-6-15)18-19(29-13)24-12-26(20(18)27)25-11-14-7-9-16(10-8-14)28-21(22)23/h2-12,21H,1H3/b25-11+. The summed E-state index contributed by atoms with van der Waals surface area (Å²) in [6, 6.07) is 15.6. The van der Waals surface area contributed by atoms with Gasteiger partial charge in [-0.15, -0.1) is 11.3 Å². The molecule has 2 heterocycles. The Morgan fingerprint density at radius 1 is 1.14 bits per heavy atom. The molecule has 0 saturated carbocycles. The van der Waals surface area contributed by atoms with Gasteiger partial charge >= 0.3 is 6.61 Å². The topological polar surface area (TPSA) is 56.5 Å². The number of thiophene rings is 1. The zero-order valence-corrected chi connectivity index (χ0v) is 16.1. The number of hydrogen-bond acceptors (Lipinski definition) is 5. The third-order valence-corrected chi connectivity index (χ3v) is 5.28. The van der Waals surface area contributed by atoms with Crippen molar-refractivity contribution in [1.82, 2.24) is 9.66 Å². The van der Waals surface area contributed by atoms with Crippen LogP contribution in [0.25, 0.3) is 21.3 Å². The molecule has 4 rings (SSSR count). The van der Waals surface area contributed by atoms with Gasteiger partial charge in [0.25, 0.3) is 5.56 Å². The number of rotatable bonds is 5. The van der Waals surface area contributed by atoms with Crippen LogP contribution in [0.3, 0.4) is 0 Å². The molecule has 29 heavy (non-hydrogen) atoms. The van der Waals surface area contributed by atoms with Crippen molar-refractivity contribution in [2.75, 3.05) is 0 Å². The van der Waals surface area contributed by atoms with E-state index >= 15 is 0 Å². The molecule has 0 spiro atoms. The molecule has 0 N–H and O–H groups in total. The molecule has 0 aliphatic rings. The molecule has 5 nitrogen and oxygen atoms in total. The van der Waals surface area contributed by atoms with Crippen molar-refractivity contribution in [2.24, 2.45) is 5.10 Å². The summed E-state index contributed by atoms with van der Waals surface area (Å²) in [7, 11) is 0. The third kappa shape index (κ3) is 3.93. The van der Waals surface area contributed by atoms with E-state index in [-0.39, 0.29) is 11.3 Å². The third-order valence-electron chi connectivity index (χ3n) is 4.27. The molecule has 0 aliphatic heterocycles. The van der Waals surface area contributed by atoms with E-state index in [0.717, 1.165) is 16.0 Å². The number of ether oxygens (including phenoxy) is 1. The predicted octanol–water partition coefficient (Wildman–Crippen LogP) is 4.92. The summed E-state index contributed by atoms with van der Waals surface area (Å²) in [5, 5.41) is 4.72. The second-order valence-corrected chi connectivity index (χ2v) is 7.37. The van der Waals surface area contributed by atoms with E-state index in [1.54, 1.807) is 12.1 Å². The smallest absolute Gasteiger partial charge is 0.387 e. The lowest BCUT2D eigenvalue weighted by atomic mass is 10.0. The van der Waals surface area contributed by atoms with E-state index in [1.165, 1.54) is 40.7 Å². The molecule has 146 valence electrons. The maximum Gasteiger partial charge on any atom is 0.387 e. The molecule has 0 aliphatic carbocycles. The lowest BCUT2D eigenvalue weighted by molar-refractivity contribution is -0.0498.